The maximum atomic E-state index is 11.6. The number of hydrogen-bond donors (Lipinski definition) is 1. The van der Waals surface area contributed by atoms with E-state index >= 15 is 0 Å². The standard InChI is InChI=1S/C16H27N5O4/c1-11(2)24-7-5-6-17-15-14(21(22)23)16(19-10-18-15)20-8-12(3)25-13(4)9-20/h10-13H,5-9H2,1-4H3,(H,17,18,19). The minimum absolute atomic E-state index is 0.0112. The summed E-state index contributed by atoms with van der Waals surface area (Å²) < 4.78 is 11.2. The lowest BCUT2D eigenvalue weighted by Gasteiger charge is -2.35. The van der Waals surface area contributed by atoms with E-state index < -0.39 is 4.92 Å². The van der Waals surface area contributed by atoms with Gasteiger partial charge in [-0.15, -0.1) is 0 Å². The molecule has 25 heavy (non-hydrogen) atoms. The first-order valence-electron chi connectivity index (χ1n) is 8.63. The summed E-state index contributed by atoms with van der Waals surface area (Å²) >= 11 is 0. The molecule has 1 aromatic heterocycles. The van der Waals surface area contributed by atoms with Crippen LogP contribution in [0.3, 0.4) is 0 Å². The van der Waals surface area contributed by atoms with Crippen LogP contribution in [0.4, 0.5) is 17.3 Å². The van der Waals surface area contributed by atoms with E-state index in [0.29, 0.717) is 32.1 Å². The molecule has 0 bridgehead atoms. The van der Waals surface area contributed by atoms with E-state index in [2.05, 4.69) is 15.3 Å². The van der Waals surface area contributed by atoms with Crippen LogP contribution in [0.15, 0.2) is 6.33 Å². The number of nitrogens with one attached hydrogen (secondary N) is 1. The van der Waals surface area contributed by atoms with E-state index in [1.807, 2.05) is 32.6 Å². The summed E-state index contributed by atoms with van der Waals surface area (Å²) in [6.45, 7) is 10.1. The highest BCUT2D eigenvalue weighted by Crippen LogP contribution is 2.33. The molecule has 2 heterocycles. The van der Waals surface area contributed by atoms with Crippen molar-refractivity contribution in [3.63, 3.8) is 0 Å². The molecule has 1 N–H and O–H groups in total. The van der Waals surface area contributed by atoms with Crippen molar-refractivity contribution in [2.75, 3.05) is 36.5 Å². The highest BCUT2D eigenvalue weighted by atomic mass is 16.6. The fourth-order valence-electron chi connectivity index (χ4n) is 2.85. The molecule has 2 atom stereocenters. The van der Waals surface area contributed by atoms with Crippen LogP contribution in [-0.2, 0) is 9.47 Å². The van der Waals surface area contributed by atoms with Gasteiger partial charge in [0.25, 0.3) is 0 Å². The lowest BCUT2D eigenvalue weighted by molar-refractivity contribution is -0.383. The maximum absolute atomic E-state index is 11.6. The van der Waals surface area contributed by atoms with Crippen molar-refractivity contribution >= 4 is 17.3 Å². The molecule has 9 heteroatoms. The zero-order valence-corrected chi connectivity index (χ0v) is 15.3. The quantitative estimate of drug-likeness (QED) is 0.431. The molecule has 1 fully saturated rings. The molecular weight excluding hydrogens is 326 g/mol. The van der Waals surface area contributed by atoms with Crippen LogP contribution in [0.5, 0.6) is 0 Å². The van der Waals surface area contributed by atoms with Crippen LogP contribution < -0.4 is 10.2 Å². The SMILES string of the molecule is CC(C)OCCCNc1ncnc(N2CC(C)OC(C)C2)c1[N+](=O)[O-]. The topological polar surface area (TPSA) is 103 Å². The molecule has 1 aromatic rings. The molecule has 0 radical (unpaired) electrons. The molecule has 1 aliphatic heterocycles. The van der Waals surface area contributed by atoms with Gasteiger partial charge in [-0.25, -0.2) is 9.97 Å². The predicted molar refractivity (Wildman–Crippen MR) is 95.1 cm³/mol. The molecule has 0 amide bonds. The minimum Gasteiger partial charge on any atom is -0.379 e. The molecule has 140 valence electrons. The van der Waals surface area contributed by atoms with Crippen LogP contribution in [0, 0.1) is 10.1 Å². The molecule has 2 unspecified atom stereocenters. The van der Waals surface area contributed by atoms with E-state index in [1.165, 1.54) is 6.33 Å². The van der Waals surface area contributed by atoms with Crippen molar-refractivity contribution in [2.24, 2.45) is 0 Å². The van der Waals surface area contributed by atoms with E-state index in [-0.39, 0.29) is 29.8 Å². The van der Waals surface area contributed by atoms with Gasteiger partial charge in [0.15, 0.2) is 0 Å². The van der Waals surface area contributed by atoms with Gasteiger partial charge in [-0.05, 0) is 34.1 Å². The molecular formula is C16H27N5O4. The molecule has 0 spiro atoms. The molecule has 0 aliphatic carbocycles. The zero-order valence-electron chi connectivity index (χ0n) is 15.3. The highest BCUT2D eigenvalue weighted by Gasteiger charge is 2.31. The van der Waals surface area contributed by atoms with Gasteiger partial charge in [0.05, 0.1) is 23.2 Å². The first-order chi connectivity index (χ1) is 11.9. The average molecular weight is 353 g/mol. The fraction of sp³-hybridized carbons (Fsp3) is 0.750. The maximum Gasteiger partial charge on any atom is 0.353 e. The van der Waals surface area contributed by atoms with Crippen molar-refractivity contribution in [1.82, 2.24) is 9.97 Å². The summed E-state index contributed by atoms with van der Waals surface area (Å²) in [6.07, 6.45) is 2.25. The van der Waals surface area contributed by atoms with Crippen LogP contribution in [0.25, 0.3) is 0 Å². The van der Waals surface area contributed by atoms with Gasteiger partial charge in [-0.2, -0.15) is 0 Å². The van der Waals surface area contributed by atoms with Crippen LogP contribution in [0.1, 0.15) is 34.1 Å². The van der Waals surface area contributed by atoms with Crippen molar-refractivity contribution in [2.45, 2.75) is 52.4 Å². The third-order valence-corrected chi connectivity index (χ3v) is 3.77. The van der Waals surface area contributed by atoms with E-state index in [0.717, 1.165) is 6.42 Å². The summed E-state index contributed by atoms with van der Waals surface area (Å²) in [4.78, 5) is 21.3. The first kappa shape index (κ1) is 19.3. The van der Waals surface area contributed by atoms with Crippen molar-refractivity contribution in [3.05, 3.63) is 16.4 Å². The Morgan fingerprint density at radius 2 is 2.08 bits per heavy atom. The Bertz CT molecular complexity index is 574. The lowest BCUT2D eigenvalue weighted by atomic mass is 10.2. The Kier molecular flexibility index (Phi) is 6.89. The van der Waals surface area contributed by atoms with Crippen LogP contribution in [-0.4, -0.2) is 59.4 Å². The van der Waals surface area contributed by atoms with E-state index in [1.54, 1.807) is 0 Å². The molecule has 0 saturated carbocycles. The summed E-state index contributed by atoms with van der Waals surface area (Å²) in [5.41, 5.74) is -0.0893. The van der Waals surface area contributed by atoms with Gasteiger partial charge in [-0.1, -0.05) is 0 Å². The van der Waals surface area contributed by atoms with E-state index in [4.69, 9.17) is 9.47 Å². The number of morpholine rings is 1. The average Bonchev–Trinajstić information content (AvgIpc) is 2.52. The van der Waals surface area contributed by atoms with Crippen molar-refractivity contribution in [3.8, 4) is 0 Å². The summed E-state index contributed by atoms with van der Waals surface area (Å²) in [5, 5.41) is 14.7. The molecule has 2 rings (SSSR count). The summed E-state index contributed by atoms with van der Waals surface area (Å²) in [6, 6.07) is 0. The van der Waals surface area contributed by atoms with Gasteiger partial charge < -0.3 is 19.7 Å². The van der Waals surface area contributed by atoms with Gasteiger partial charge in [0, 0.05) is 26.2 Å². The number of aromatic nitrogens is 2. The Morgan fingerprint density at radius 3 is 2.68 bits per heavy atom. The predicted octanol–water partition coefficient (Wildman–Crippen LogP) is 2.23. The van der Waals surface area contributed by atoms with E-state index in [9.17, 15) is 10.1 Å². The Labute approximate surface area is 147 Å². The largest absolute Gasteiger partial charge is 0.379 e. The van der Waals surface area contributed by atoms with Gasteiger partial charge >= 0.3 is 5.69 Å². The third-order valence-electron chi connectivity index (χ3n) is 3.77. The lowest BCUT2D eigenvalue weighted by Crippen LogP contribution is -2.46. The highest BCUT2D eigenvalue weighted by molar-refractivity contribution is 5.70. The number of anilines is 2. The number of ether oxygens (including phenoxy) is 2. The fourth-order valence-corrected chi connectivity index (χ4v) is 2.85. The smallest absolute Gasteiger partial charge is 0.353 e. The Hall–Kier alpha value is -2.00. The second kappa shape index (κ2) is 8.91. The monoisotopic (exact) mass is 353 g/mol. The van der Waals surface area contributed by atoms with Crippen LogP contribution in [0.2, 0.25) is 0 Å². The number of nitro groups is 1. The summed E-state index contributed by atoms with van der Waals surface area (Å²) in [5.74, 6) is 0.578. The molecule has 9 nitrogen and oxygen atoms in total. The van der Waals surface area contributed by atoms with Gasteiger partial charge in [0.2, 0.25) is 11.6 Å². The van der Waals surface area contributed by atoms with Crippen molar-refractivity contribution in [1.29, 1.82) is 0 Å². The van der Waals surface area contributed by atoms with Crippen molar-refractivity contribution < 1.29 is 14.4 Å². The molecule has 0 aromatic carbocycles. The minimum atomic E-state index is -0.424. The second-order valence-electron chi connectivity index (χ2n) is 6.51. The normalized spacial score (nSPS) is 20.8. The zero-order chi connectivity index (χ0) is 18.4. The number of rotatable bonds is 8. The Balaban J connectivity index is 2.11. The first-order valence-corrected chi connectivity index (χ1v) is 8.63. The second-order valence-corrected chi connectivity index (χ2v) is 6.51. The number of hydrogen-bond acceptors (Lipinski definition) is 8. The summed E-state index contributed by atoms with van der Waals surface area (Å²) in [7, 11) is 0. The number of nitrogens with zero attached hydrogens (tertiary/aromatic N) is 4. The van der Waals surface area contributed by atoms with Gasteiger partial charge in [-0.3, -0.25) is 10.1 Å². The Morgan fingerprint density at radius 1 is 1.40 bits per heavy atom. The van der Waals surface area contributed by atoms with Gasteiger partial charge in [0.1, 0.15) is 6.33 Å². The van der Waals surface area contributed by atoms with Crippen LogP contribution >= 0.6 is 0 Å². The molecule has 1 aliphatic rings. The molecule has 1 saturated heterocycles. The third kappa shape index (κ3) is 5.50.